The summed E-state index contributed by atoms with van der Waals surface area (Å²) in [5.74, 6) is -0.892. The first-order valence-corrected chi connectivity index (χ1v) is 15.5. The predicted octanol–water partition coefficient (Wildman–Crippen LogP) is 7.22. The van der Waals surface area contributed by atoms with Crippen molar-refractivity contribution in [3.8, 4) is 10.6 Å². The molecule has 2 N–H and O–H groups in total. The number of thiophene rings is 1. The third kappa shape index (κ3) is 5.73. The van der Waals surface area contributed by atoms with Crippen LogP contribution in [0.2, 0.25) is 5.02 Å². The van der Waals surface area contributed by atoms with Crippen molar-refractivity contribution in [1.82, 2.24) is 4.98 Å². The number of rotatable bonds is 8. The third-order valence-corrected chi connectivity index (χ3v) is 9.76. The van der Waals surface area contributed by atoms with Gasteiger partial charge < -0.3 is 10.1 Å². The van der Waals surface area contributed by atoms with E-state index in [0.29, 0.717) is 42.3 Å². The molecule has 5 aromatic rings. The molecule has 0 radical (unpaired) electrons. The van der Waals surface area contributed by atoms with Crippen molar-refractivity contribution in [1.29, 1.82) is 0 Å². The lowest BCUT2D eigenvalue weighted by Gasteiger charge is -2.09. The number of hydrogen-bond donors (Lipinski definition) is 2. The summed E-state index contributed by atoms with van der Waals surface area (Å²) in [7, 11) is -3.83. The van der Waals surface area contributed by atoms with Crippen LogP contribution in [0.1, 0.15) is 32.5 Å². The van der Waals surface area contributed by atoms with E-state index in [-0.39, 0.29) is 11.5 Å². The van der Waals surface area contributed by atoms with Gasteiger partial charge in [-0.25, -0.2) is 18.2 Å². The van der Waals surface area contributed by atoms with E-state index in [4.69, 9.17) is 21.3 Å². The van der Waals surface area contributed by atoms with Crippen LogP contribution in [-0.4, -0.2) is 31.9 Å². The fourth-order valence-electron chi connectivity index (χ4n) is 3.92. The topological polar surface area (TPSA) is 114 Å². The van der Waals surface area contributed by atoms with Crippen LogP contribution in [0.4, 0.5) is 10.7 Å². The summed E-state index contributed by atoms with van der Waals surface area (Å²) in [5.41, 5.74) is 2.74. The van der Waals surface area contributed by atoms with E-state index < -0.39 is 21.9 Å². The van der Waals surface area contributed by atoms with Crippen LogP contribution >= 0.6 is 34.3 Å². The highest BCUT2D eigenvalue weighted by molar-refractivity contribution is 7.92. The first kappa shape index (κ1) is 27.8. The number of carbonyl (C=O) groups is 2. The Morgan fingerprint density at radius 3 is 2.35 bits per heavy atom. The number of hydrogen-bond acceptors (Lipinski definition) is 8. The number of fused-ring (bicyclic) bond motifs is 1. The molecule has 0 spiro atoms. The number of amides is 1. The molecule has 40 heavy (non-hydrogen) atoms. The second-order valence-corrected chi connectivity index (χ2v) is 12.7. The second kappa shape index (κ2) is 11.4. The number of halogens is 1. The summed E-state index contributed by atoms with van der Waals surface area (Å²) in [5, 5.41) is 4.48. The van der Waals surface area contributed by atoms with E-state index in [0.717, 1.165) is 21.6 Å². The summed E-state index contributed by atoms with van der Waals surface area (Å²) in [6.07, 6.45) is 0. The number of nitrogens with zero attached hydrogens (tertiary/aromatic N) is 1. The number of aromatic nitrogens is 1. The number of sulfonamides is 1. The minimum absolute atomic E-state index is 0.0616. The minimum atomic E-state index is -3.83. The molecule has 2 heterocycles. The van der Waals surface area contributed by atoms with Gasteiger partial charge in [0.2, 0.25) is 0 Å². The summed E-state index contributed by atoms with van der Waals surface area (Å²) in [6.45, 7) is 3.76. The van der Waals surface area contributed by atoms with Crippen LogP contribution in [0.5, 0.6) is 0 Å². The van der Waals surface area contributed by atoms with Crippen molar-refractivity contribution in [2.45, 2.75) is 18.7 Å². The summed E-state index contributed by atoms with van der Waals surface area (Å²) < 4.78 is 34.0. The Morgan fingerprint density at radius 2 is 1.68 bits per heavy atom. The van der Waals surface area contributed by atoms with Crippen molar-refractivity contribution in [3.63, 3.8) is 0 Å². The molecule has 0 aliphatic rings. The molecular weight excluding hydrogens is 590 g/mol. The highest BCUT2D eigenvalue weighted by Crippen LogP contribution is 2.43. The van der Waals surface area contributed by atoms with Crippen LogP contribution in [0, 0.1) is 6.92 Å². The maximum atomic E-state index is 13.2. The monoisotopic (exact) mass is 611 g/mol. The molecule has 0 fully saturated rings. The first-order chi connectivity index (χ1) is 19.2. The third-order valence-electron chi connectivity index (χ3n) is 5.87. The number of esters is 1. The molecule has 0 saturated heterocycles. The molecule has 12 heteroatoms. The predicted molar refractivity (Wildman–Crippen MR) is 160 cm³/mol. The molecule has 0 saturated carbocycles. The van der Waals surface area contributed by atoms with Crippen molar-refractivity contribution in [3.05, 3.63) is 93.8 Å². The van der Waals surface area contributed by atoms with Crippen LogP contribution in [0.3, 0.4) is 0 Å². The highest BCUT2D eigenvalue weighted by Gasteiger charge is 2.25. The van der Waals surface area contributed by atoms with Crippen molar-refractivity contribution < 1.29 is 22.7 Å². The molecular formula is C28H22ClN3O5S3. The van der Waals surface area contributed by atoms with Gasteiger partial charge in [-0.1, -0.05) is 23.7 Å². The Hall–Kier alpha value is -3.77. The van der Waals surface area contributed by atoms with E-state index in [1.807, 2.05) is 24.3 Å². The number of nitrogens with one attached hydrogen (secondary N) is 2. The molecule has 1 amide bonds. The Labute approximate surface area is 243 Å². The zero-order valence-corrected chi connectivity index (χ0v) is 24.4. The minimum Gasteiger partial charge on any atom is -0.462 e. The summed E-state index contributed by atoms with van der Waals surface area (Å²) >= 11 is 8.45. The number of benzene rings is 3. The number of para-hydroxylation sites is 1. The molecule has 8 nitrogen and oxygen atoms in total. The summed E-state index contributed by atoms with van der Waals surface area (Å²) in [6, 6.07) is 19.5. The standard InChI is InChI=1S/C28H22ClN3O5S3/c1-3-37-28(34)24-16(2)23(26-30-21-6-4-5-7-22(21)38-26)27(39-24)31-25(33)17-8-12-19(13-9-17)32-40(35,36)20-14-10-18(29)11-15-20/h4-15,32H,3H2,1-2H3,(H,31,33). The number of ether oxygens (including phenoxy) is 1. The molecule has 5 rings (SSSR count). The molecule has 0 bridgehead atoms. The largest absolute Gasteiger partial charge is 0.462 e. The molecule has 3 aromatic carbocycles. The fraction of sp³-hybridized carbons (Fsp3) is 0.107. The van der Waals surface area contributed by atoms with Gasteiger partial charge in [0.05, 0.1) is 21.7 Å². The molecule has 0 aliphatic carbocycles. The van der Waals surface area contributed by atoms with Gasteiger partial charge in [-0.3, -0.25) is 9.52 Å². The maximum absolute atomic E-state index is 13.2. The lowest BCUT2D eigenvalue weighted by molar-refractivity contribution is 0.0531. The van der Waals surface area contributed by atoms with Gasteiger partial charge in [0.15, 0.2) is 0 Å². The van der Waals surface area contributed by atoms with E-state index in [9.17, 15) is 18.0 Å². The highest BCUT2D eigenvalue weighted by atomic mass is 35.5. The average molecular weight is 612 g/mol. The lowest BCUT2D eigenvalue weighted by atomic mass is 10.1. The molecule has 0 unspecified atom stereocenters. The van der Waals surface area contributed by atoms with E-state index in [2.05, 4.69) is 10.0 Å². The van der Waals surface area contributed by atoms with Gasteiger partial charge in [0.1, 0.15) is 14.9 Å². The van der Waals surface area contributed by atoms with E-state index in [1.54, 1.807) is 13.8 Å². The van der Waals surface area contributed by atoms with Crippen molar-refractivity contribution in [2.75, 3.05) is 16.6 Å². The Kier molecular flexibility index (Phi) is 7.90. The Morgan fingerprint density at radius 1 is 0.975 bits per heavy atom. The SMILES string of the molecule is CCOC(=O)c1sc(NC(=O)c2ccc(NS(=O)(=O)c3ccc(Cl)cc3)cc2)c(-c2nc3ccccc3s2)c1C. The van der Waals surface area contributed by atoms with Crippen LogP contribution in [0.25, 0.3) is 20.8 Å². The number of anilines is 2. The van der Waals surface area contributed by atoms with Gasteiger partial charge >= 0.3 is 5.97 Å². The number of carbonyl (C=O) groups excluding carboxylic acids is 2. The van der Waals surface area contributed by atoms with Crippen LogP contribution in [-0.2, 0) is 14.8 Å². The fourth-order valence-corrected chi connectivity index (χ4v) is 7.34. The van der Waals surface area contributed by atoms with Gasteiger partial charge in [0.25, 0.3) is 15.9 Å². The van der Waals surface area contributed by atoms with Crippen LogP contribution in [0.15, 0.2) is 77.7 Å². The zero-order chi connectivity index (χ0) is 28.4. The van der Waals surface area contributed by atoms with Gasteiger partial charge in [-0.05, 0) is 80.1 Å². The quantitative estimate of drug-likeness (QED) is 0.179. The normalized spacial score (nSPS) is 11.4. The van der Waals surface area contributed by atoms with E-state index in [1.165, 1.54) is 59.9 Å². The molecule has 0 aliphatic heterocycles. The smallest absolute Gasteiger partial charge is 0.348 e. The molecule has 2 aromatic heterocycles. The maximum Gasteiger partial charge on any atom is 0.348 e. The number of thiazole rings is 1. The second-order valence-electron chi connectivity index (χ2n) is 8.56. The Bertz CT molecular complexity index is 1800. The lowest BCUT2D eigenvalue weighted by Crippen LogP contribution is -2.14. The average Bonchev–Trinajstić information content (AvgIpc) is 3.49. The van der Waals surface area contributed by atoms with Crippen molar-refractivity contribution in [2.24, 2.45) is 0 Å². The van der Waals surface area contributed by atoms with E-state index >= 15 is 0 Å². The zero-order valence-electron chi connectivity index (χ0n) is 21.2. The van der Waals surface area contributed by atoms with Gasteiger partial charge in [0, 0.05) is 21.8 Å². The summed E-state index contributed by atoms with van der Waals surface area (Å²) in [4.78, 5) is 31.1. The first-order valence-electron chi connectivity index (χ1n) is 12.0. The van der Waals surface area contributed by atoms with Gasteiger partial charge in [-0.2, -0.15) is 0 Å². The Balaban J connectivity index is 1.42. The molecule has 0 atom stereocenters. The van der Waals surface area contributed by atoms with Crippen molar-refractivity contribution >= 4 is 77.1 Å². The van der Waals surface area contributed by atoms with Crippen LogP contribution < -0.4 is 10.0 Å². The van der Waals surface area contributed by atoms with Gasteiger partial charge in [-0.15, -0.1) is 22.7 Å². The molecule has 204 valence electrons.